The van der Waals surface area contributed by atoms with Gasteiger partial charge in [0.15, 0.2) is 0 Å². The number of hydrogen-bond donors (Lipinski definition) is 1. The van der Waals surface area contributed by atoms with Gasteiger partial charge in [0, 0.05) is 26.2 Å². The lowest BCUT2D eigenvalue weighted by molar-refractivity contribution is -0.126. The fourth-order valence-corrected chi connectivity index (χ4v) is 3.42. The van der Waals surface area contributed by atoms with Crippen LogP contribution in [0.4, 0.5) is 0 Å². The van der Waals surface area contributed by atoms with Crippen LogP contribution >= 0.6 is 0 Å². The van der Waals surface area contributed by atoms with E-state index in [0.29, 0.717) is 6.54 Å². The summed E-state index contributed by atoms with van der Waals surface area (Å²) in [6.45, 7) is 7.15. The van der Waals surface area contributed by atoms with Crippen LogP contribution in [0, 0.1) is 0 Å². The highest BCUT2D eigenvalue weighted by molar-refractivity contribution is 5.83. The van der Waals surface area contributed by atoms with Gasteiger partial charge in [0.05, 0.1) is 13.2 Å². The molecule has 1 aromatic rings. The standard InChI is InChI=1S/C18H27N3O2/c22-18(19-8-11-20-12-14-23-15-13-20)17(21-9-4-5-10-21)16-6-2-1-3-7-16/h1-3,6-7,17H,4-5,8-15H2,(H,19,22). The Kier molecular flexibility index (Phi) is 6.02. The van der Waals surface area contributed by atoms with E-state index in [9.17, 15) is 4.79 Å². The fourth-order valence-electron chi connectivity index (χ4n) is 3.42. The summed E-state index contributed by atoms with van der Waals surface area (Å²) in [6, 6.07) is 10.00. The van der Waals surface area contributed by atoms with Gasteiger partial charge in [-0.2, -0.15) is 0 Å². The molecule has 1 aromatic carbocycles. The van der Waals surface area contributed by atoms with Crippen LogP contribution in [0.3, 0.4) is 0 Å². The maximum absolute atomic E-state index is 12.8. The summed E-state index contributed by atoms with van der Waals surface area (Å²) < 4.78 is 5.36. The van der Waals surface area contributed by atoms with E-state index in [1.807, 2.05) is 18.2 Å². The first-order chi connectivity index (χ1) is 11.3. The first-order valence-corrected chi connectivity index (χ1v) is 8.71. The summed E-state index contributed by atoms with van der Waals surface area (Å²) >= 11 is 0. The zero-order valence-electron chi connectivity index (χ0n) is 13.7. The molecule has 2 heterocycles. The average Bonchev–Trinajstić information content (AvgIpc) is 3.11. The molecule has 126 valence electrons. The van der Waals surface area contributed by atoms with Gasteiger partial charge < -0.3 is 10.1 Å². The molecule has 23 heavy (non-hydrogen) atoms. The molecule has 5 nitrogen and oxygen atoms in total. The number of ether oxygens (including phenoxy) is 1. The number of carbonyl (C=O) groups excluding carboxylic acids is 1. The summed E-state index contributed by atoms with van der Waals surface area (Å²) in [5.41, 5.74) is 1.10. The van der Waals surface area contributed by atoms with Gasteiger partial charge in [0.25, 0.3) is 0 Å². The van der Waals surface area contributed by atoms with E-state index >= 15 is 0 Å². The van der Waals surface area contributed by atoms with E-state index in [2.05, 4.69) is 27.2 Å². The molecule has 2 aliphatic heterocycles. The van der Waals surface area contributed by atoms with Crippen LogP contribution in [0.25, 0.3) is 0 Å². The zero-order valence-corrected chi connectivity index (χ0v) is 13.7. The maximum Gasteiger partial charge on any atom is 0.242 e. The molecule has 2 aliphatic rings. The molecule has 1 unspecified atom stereocenters. The lowest BCUT2D eigenvalue weighted by Gasteiger charge is -2.29. The Labute approximate surface area is 138 Å². The summed E-state index contributed by atoms with van der Waals surface area (Å²) in [5, 5.41) is 3.14. The first kappa shape index (κ1) is 16.4. The van der Waals surface area contributed by atoms with E-state index in [-0.39, 0.29) is 11.9 Å². The maximum atomic E-state index is 12.8. The van der Waals surface area contributed by atoms with Crippen molar-refractivity contribution in [1.29, 1.82) is 0 Å². The number of morpholine rings is 1. The molecule has 2 fully saturated rings. The van der Waals surface area contributed by atoms with Crippen molar-refractivity contribution in [3.63, 3.8) is 0 Å². The van der Waals surface area contributed by atoms with Crippen molar-refractivity contribution in [2.45, 2.75) is 18.9 Å². The fraction of sp³-hybridized carbons (Fsp3) is 0.611. The second-order valence-corrected chi connectivity index (χ2v) is 6.30. The molecule has 0 aliphatic carbocycles. The van der Waals surface area contributed by atoms with Crippen molar-refractivity contribution in [3.8, 4) is 0 Å². The van der Waals surface area contributed by atoms with Gasteiger partial charge in [-0.15, -0.1) is 0 Å². The highest BCUT2D eigenvalue weighted by atomic mass is 16.5. The molecule has 5 heteroatoms. The van der Waals surface area contributed by atoms with Gasteiger partial charge in [-0.25, -0.2) is 0 Å². The van der Waals surface area contributed by atoms with Crippen LogP contribution in [0.15, 0.2) is 30.3 Å². The molecule has 3 rings (SSSR count). The Morgan fingerprint density at radius 1 is 1.09 bits per heavy atom. The predicted octanol–water partition coefficient (Wildman–Crippen LogP) is 1.27. The van der Waals surface area contributed by atoms with E-state index in [1.54, 1.807) is 0 Å². The van der Waals surface area contributed by atoms with Gasteiger partial charge in [0.1, 0.15) is 6.04 Å². The van der Waals surface area contributed by atoms with Crippen LogP contribution in [0.1, 0.15) is 24.4 Å². The lowest BCUT2D eigenvalue weighted by atomic mass is 10.0. The van der Waals surface area contributed by atoms with E-state index < -0.39 is 0 Å². The van der Waals surface area contributed by atoms with Crippen LogP contribution in [-0.4, -0.2) is 68.2 Å². The molecular weight excluding hydrogens is 290 g/mol. The van der Waals surface area contributed by atoms with Crippen LogP contribution < -0.4 is 5.32 Å². The largest absolute Gasteiger partial charge is 0.379 e. The van der Waals surface area contributed by atoms with Crippen molar-refractivity contribution in [2.24, 2.45) is 0 Å². The second kappa shape index (κ2) is 8.43. The molecule has 1 atom stereocenters. The van der Waals surface area contributed by atoms with E-state index in [0.717, 1.165) is 51.5 Å². The smallest absolute Gasteiger partial charge is 0.242 e. The molecule has 0 radical (unpaired) electrons. The number of hydrogen-bond acceptors (Lipinski definition) is 4. The SMILES string of the molecule is O=C(NCCN1CCOCC1)C(c1ccccc1)N1CCCC1. The van der Waals surface area contributed by atoms with Gasteiger partial charge in [0.2, 0.25) is 5.91 Å². The molecule has 1 N–H and O–H groups in total. The predicted molar refractivity (Wildman–Crippen MR) is 90.3 cm³/mol. The van der Waals surface area contributed by atoms with Crippen molar-refractivity contribution >= 4 is 5.91 Å². The Morgan fingerprint density at radius 3 is 2.48 bits per heavy atom. The highest BCUT2D eigenvalue weighted by Crippen LogP contribution is 2.25. The minimum atomic E-state index is -0.150. The van der Waals surface area contributed by atoms with Gasteiger partial charge >= 0.3 is 0 Å². The van der Waals surface area contributed by atoms with Crippen molar-refractivity contribution < 1.29 is 9.53 Å². The number of benzene rings is 1. The first-order valence-electron chi connectivity index (χ1n) is 8.71. The van der Waals surface area contributed by atoms with Crippen molar-refractivity contribution in [1.82, 2.24) is 15.1 Å². The summed E-state index contributed by atoms with van der Waals surface area (Å²) in [6.07, 6.45) is 2.37. The minimum Gasteiger partial charge on any atom is -0.379 e. The van der Waals surface area contributed by atoms with Gasteiger partial charge in [-0.3, -0.25) is 14.6 Å². The van der Waals surface area contributed by atoms with Crippen LogP contribution in [0.2, 0.25) is 0 Å². The van der Waals surface area contributed by atoms with E-state index in [4.69, 9.17) is 4.74 Å². The summed E-state index contributed by atoms with van der Waals surface area (Å²) in [5.74, 6) is 0.131. The summed E-state index contributed by atoms with van der Waals surface area (Å²) in [4.78, 5) is 17.4. The zero-order chi connectivity index (χ0) is 15.9. The van der Waals surface area contributed by atoms with E-state index in [1.165, 1.54) is 12.8 Å². The molecule has 0 spiro atoms. The minimum absolute atomic E-state index is 0.131. The Morgan fingerprint density at radius 2 is 1.78 bits per heavy atom. The lowest BCUT2D eigenvalue weighted by Crippen LogP contribution is -2.44. The Bertz CT molecular complexity index is 482. The van der Waals surface area contributed by atoms with Crippen molar-refractivity contribution in [3.05, 3.63) is 35.9 Å². The molecule has 0 aromatic heterocycles. The normalized spacial score (nSPS) is 21.2. The molecule has 0 bridgehead atoms. The third-order valence-corrected chi connectivity index (χ3v) is 4.70. The third-order valence-electron chi connectivity index (χ3n) is 4.70. The molecule has 0 saturated carbocycles. The molecule has 1 amide bonds. The number of likely N-dealkylation sites (tertiary alicyclic amines) is 1. The average molecular weight is 317 g/mol. The third kappa shape index (κ3) is 4.53. The quantitative estimate of drug-likeness (QED) is 0.858. The Balaban J connectivity index is 1.56. The summed E-state index contributed by atoms with van der Waals surface area (Å²) in [7, 11) is 0. The number of nitrogens with one attached hydrogen (secondary N) is 1. The number of amides is 1. The monoisotopic (exact) mass is 317 g/mol. The number of carbonyl (C=O) groups is 1. The molecular formula is C18H27N3O2. The van der Waals surface area contributed by atoms with Crippen LogP contribution in [0.5, 0.6) is 0 Å². The number of nitrogens with zero attached hydrogens (tertiary/aromatic N) is 2. The van der Waals surface area contributed by atoms with Gasteiger partial charge in [-0.1, -0.05) is 30.3 Å². The van der Waals surface area contributed by atoms with Crippen LogP contribution in [-0.2, 0) is 9.53 Å². The Hall–Kier alpha value is -1.43. The second-order valence-electron chi connectivity index (χ2n) is 6.30. The van der Waals surface area contributed by atoms with Crippen molar-refractivity contribution in [2.75, 3.05) is 52.5 Å². The van der Waals surface area contributed by atoms with Gasteiger partial charge in [-0.05, 0) is 31.5 Å². The highest BCUT2D eigenvalue weighted by Gasteiger charge is 2.29. The topological polar surface area (TPSA) is 44.8 Å². The number of rotatable bonds is 6. The molecule has 2 saturated heterocycles.